The Bertz CT molecular complexity index is 848. The number of hydrogen-bond donors (Lipinski definition) is 0. The Morgan fingerprint density at radius 3 is 2.31 bits per heavy atom. The molecule has 0 saturated heterocycles. The first-order chi connectivity index (χ1) is 12.6. The lowest BCUT2D eigenvalue weighted by molar-refractivity contribution is 0.139. The third-order valence-corrected chi connectivity index (χ3v) is 3.83. The van der Waals surface area contributed by atoms with Crippen LogP contribution >= 0.6 is 0 Å². The molecule has 0 bridgehead atoms. The molecule has 2 aromatic heterocycles. The Morgan fingerprint density at radius 1 is 1.00 bits per heavy atom. The van der Waals surface area contributed by atoms with Gasteiger partial charge in [0.25, 0.3) is 6.43 Å². The predicted molar refractivity (Wildman–Crippen MR) is 86.8 cm³/mol. The molecule has 138 valence electrons. The van der Waals surface area contributed by atoms with E-state index in [1.807, 2.05) is 0 Å². The predicted octanol–water partition coefficient (Wildman–Crippen LogP) is 4.20. The number of fused-ring (bicyclic) bond motifs is 1. The van der Waals surface area contributed by atoms with Crippen molar-refractivity contribution in [2.24, 2.45) is 0 Å². The Morgan fingerprint density at radius 2 is 1.69 bits per heavy atom. The molecule has 0 aliphatic carbocycles. The van der Waals surface area contributed by atoms with Crippen molar-refractivity contribution >= 4 is 5.65 Å². The van der Waals surface area contributed by atoms with E-state index < -0.39 is 31.7 Å². The van der Waals surface area contributed by atoms with Crippen molar-refractivity contribution in [3.05, 3.63) is 42.5 Å². The minimum Gasteiger partial charge on any atom is -0.490 e. The summed E-state index contributed by atoms with van der Waals surface area (Å²) in [5.41, 5.74) is 1.35. The maximum absolute atomic E-state index is 13.0. The van der Waals surface area contributed by atoms with Gasteiger partial charge in [-0.15, -0.1) is 10.2 Å². The van der Waals surface area contributed by atoms with Crippen LogP contribution in [0, 0.1) is 0 Å². The number of halogens is 4. The molecule has 2 heterocycles. The SMILES string of the molecule is FCCC(CCF)Oc1ccc(-c2cn3c(C(F)F)nnc3cn2)cc1. The normalized spacial score (nSPS) is 11.6. The zero-order valence-electron chi connectivity index (χ0n) is 13.7. The van der Waals surface area contributed by atoms with Gasteiger partial charge in [-0.3, -0.25) is 18.2 Å². The maximum Gasteiger partial charge on any atom is 0.297 e. The van der Waals surface area contributed by atoms with Crippen molar-refractivity contribution in [1.29, 1.82) is 0 Å². The lowest BCUT2D eigenvalue weighted by Gasteiger charge is -2.16. The number of rotatable bonds is 8. The topological polar surface area (TPSA) is 52.3 Å². The number of benzene rings is 1. The van der Waals surface area contributed by atoms with E-state index in [9.17, 15) is 17.6 Å². The van der Waals surface area contributed by atoms with Crippen molar-refractivity contribution in [2.75, 3.05) is 13.3 Å². The molecular weight excluding hydrogens is 352 g/mol. The van der Waals surface area contributed by atoms with E-state index >= 15 is 0 Å². The number of hydrogen-bond acceptors (Lipinski definition) is 4. The minimum absolute atomic E-state index is 0.119. The third-order valence-electron chi connectivity index (χ3n) is 3.83. The highest BCUT2D eigenvalue weighted by Crippen LogP contribution is 2.24. The van der Waals surface area contributed by atoms with Crippen molar-refractivity contribution in [1.82, 2.24) is 19.6 Å². The molecule has 0 aliphatic rings. The lowest BCUT2D eigenvalue weighted by atomic mass is 10.1. The van der Waals surface area contributed by atoms with E-state index in [2.05, 4.69) is 15.2 Å². The largest absolute Gasteiger partial charge is 0.490 e. The van der Waals surface area contributed by atoms with Crippen LogP contribution in [-0.2, 0) is 0 Å². The van der Waals surface area contributed by atoms with Crippen LogP contribution < -0.4 is 4.74 Å². The quantitative estimate of drug-likeness (QED) is 0.560. The van der Waals surface area contributed by atoms with Gasteiger partial charge in [0, 0.05) is 24.6 Å². The summed E-state index contributed by atoms with van der Waals surface area (Å²) >= 11 is 0. The molecule has 0 spiro atoms. The molecule has 1 aromatic carbocycles. The average Bonchev–Trinajstić information content (AvgIpc) is 3.06. The van der Waals surface area contributed by atoms with Crippen molar-refractivity contribution in [3.8, 4) is 17.0 Å². The fourth-order valence-corrected chi connectivity index (χ4v) is 2.52. The summed E-state index contributed by atoms with van der Waals surface area (Å²) in [7, 11) is 0. The number of nitrogens with zero attached hydrogens (tertiary/aromatic N) is 4. The summed E-state index contributed by atoms with van der Waals surface area (Å²) in [6, 6.07) is 6.67. The number of alkyl halides is 4. The molecule has 9 heteroatoms. The molecule has 0 N–H and O–H groups in total. The molecule has 0 amide bonds. The maximum atomic E-state index is 13.0. The van der Waals surface area contributed by atoms with E-state index in [0.717, 1.165) is 0 Å². The van der Waals surface area contributed by atoms with Crippen LogP contribution in [0.2, 0.25) is 0 Å². The van der Waals surface area contributed by atoms with Crippen LogP contribution in [0.25, 0.3) is 16.9 Å². The zero-order chi connectivity index (χ0) is 18.5. The molecule has 3 aromatic rings. The highest BCUT2D eigenvalue weighted by Gasteiger charge is 2.16. The Hall–Kier alpha value is -2.71. The molecule has 0 fully saturated rings. The zero-order valence-corrected chi connectivity index (χ0v) is 13.7. The first-order valence-corrected chi connectivity index (χ1v) is 8.00. The monoisotopic (exact) mass is 368 g/mol. The smallest absolute Gasteiger partial charge is 0.297 e. The summed E-state index contributed by atoms with van der Waals surface area (Å²) in [6.45, 7) is -1.17. The Labute approximate surface area is 146 Å². The van der Waals surface area contributed by atoms with Gasteiger partial charge in [0.2, 0.25) is 5.82 Å². The molecule has 26 heavy (non-hydrogen) atoms. The van der Waals surface area contributed by atoms with Crippen LogP contribution in [-0.4, -0.2) is 39.0 Å². The Kier molecular flexibility index (Phi) is 5.65. The van der Waals surface area contributed by atoms with Gasteiger partial charge in [0.05, 0.1) is 25.2 Å². The van der Waals surface area contributed by atoms with E-state index in [4.69, 9.17) is 4.74 Å². The highest BCUT2D eigenvalue weighted by molar-refractivity contribution is 5.60. The van der Waals surface area contributed by atoms with Gasteiger partial charge in [0.15, 0.2) is 5.65 Å². The van der Waals surface area contributed by atoms with Crippen LogP contribution in [0.5, 0.6) is 5.75 Å². The van der Waals surface area contributed by atoms with E-state index in [-0.39, 0.29) is 18.5 Å². The molecule has 0 aliphatic heterocycles. The third kappa shape index (κ3) is 3.92. The highest BCUT2D eigenvalue weighted by atomic mass is 19.3. The van der Waals surface area contributed by atoms with Gasteiger partial charge < -0.3 is 4.74 Å². The lowest BCUT2D eigenvalue weighted by Crippen LogP contribution is -2.18. The standard InChI is InChI=1S/C17H16F4N4O/c18-7-5-13(6-8-19)26-12-3-1-11(2-4-12)14-10-25-15(9-22-14)23-24-17(25)16(20)21/h1-4,9-10,13,16H,5-8H2. The summed E-state index contributed by atoms with van der Waals surface area (Å²) < 4.78 is 57.6. The van der Waals surface area contributed by atoms with E-state index in [1.54, 1.807) is 24.3 Å². The van der Waals surface area contributed by atoms with Gasteiger partial charge in [-0.25, -0.2) is 8.78 Å². The second-order valence-electron chi connectivity index (χ2n) is 5.58. The minimum atomic E-state index is -2.75. The molecule has 0 radical (unpaired) electrons. The van der Waals surface area contributed by atoms with Gasteiger partial charge in [-0.05, 0) is 24.3 Å². The van der Waals surface area contributed by atoms with Gasteiger partial charge >= 0.3 is 0 Å². The van der Waals surface area contributed by atoms with Crippen LogP contribution in [0.15, 0.2) is 36.7 Å². The molecule has 3 rings (SSSR count). The fourth-order valence-electron chi connectivity index (χ4n) is 2.52. The molecular formula is C17H16F4N4O. The molecule has 5 nitrogen and oxygen atoms in total. The van der Waals surface area contributed by atoms with Crippen LogP contribution in [0.4, 0.5) is 17.6 Å². The van der Waals surface area contributed by atoms with Crippen molar-refractivity contribution in [2.45, 2.75) is 25.4 Å². The molecule has 0 unspecified atom stereocenters. The van der Waals surface area contributed by atoms with E-state index in [1.165, 1.54) is 16.8 Å². The number of aromatic nitrogens is 4. The second kappa shape index (κ2) is 8.11. The summed E-state index contributed by atoms with van der Waals surface area (Å²) in [4.78, 5) is 4.19. The number of ether oxygens (including phenoxy) is 1. The summed E-state index contributed by atoms with van der Waals surface area (Å²) in [5, 5.41) is 7.10. The Balaban J connectivity index is 1.81. The molecule has 0 saturated carbocycles. The average molecular weight is 368 g/mol. The summed E-state index contributed by atoms with van der Waals surface area (Å²) in [5.74, 6) is 0.0168. The first-order valence-electron chi connectivity index (χ1n) is 8.00. The molecule has 0 atom stereocenters. The van der Waals surface area contributed by atoms with Gasteiger partial charge in [0.1, 0.15) is 11.9 Å². The van der Waals surface area contributed by atoms with Crippen LogP contribution in [0.1, 0.15) is 25.1 Å². The van der Waals surface area contributed by atoms with Crippen molar-refractivity contribution < 1.29 is 22.3 Å². The van der Waals surface area contributed by atoms with Crippen molar-refractivity contribution in [3.63, 3.8) is 0 Å². The second-order valence-corrected chi connectivity index (χ2v) is 5.58. The summed E-state index contributed by atoms with van der Waals surface area (Å²) in [6.07, 6.45) is -0.254. The van der Waals surface area contributed by atoms with E-state index in [0.29, 0.717) is 17.0 Å². The fraction of sp³-hybridized carbons (Fsp3) is 0.353. The first kappa shape index (κ1) is 18.1. The van der Waals surface area contributed by atoms with Gasteiger partial charge in [-0.1, -0.05) is 0 Å². The van der Waals surface area contributed by atoms with Crippen LogP contribution in [0.3, 0.4) is 0 Å². The van der Waals surface area contributed by atoms with Gasteiger partial charge in [-0.2, -0.15) is 0 Å².